The summed E-state index contributed by atoms with van der Waals surface area (Å²) >= 11 is 3.07. The number of thiophene rings is 1. The molecule has 7 heteroatoms. The third-order valence-corrected chi connectivity index (χ3v) is 4.98. The van der Waals surface area contributed by atoms with Crippen LogP contribution in [0.5, 0.6) is 0 Å². The summed E-state index contributed by atoms with van der Waals surface area (Å²) in [5.41, 5.74) is 0. The van der Waals surface area contributed by atoms with Gasteiger partial charge in [-0.15, -0.1) is 23.1 Å². The largest absolute Gasteiger partial charge is 0.337 e. The average molecular weight is 345 g/mol. The molecule has 0 bridgehead atoms. The fourth-order valence-electron chi connectivity index (χ4n) is 1.89. The van der Waals surface area contributed by atoms with Crippen LogP contribution in [-0.4, -0.2) is 33.7 Å². The van der Waals surface area contributed by atoms with Crippen molar-refractivity contribution in [2.24, 2.45) is 0 Å². The Morgan fingerprint density at radius 1 is 1.26 bits per heavy atom. The Labute approximate surface area is 142 Å². The highest BCUT2D eigenvalue weighted by molar-refractivity contribution is 8.00. The lowest BCUT2D eigenvalue weighted by molar-refractivity contribution is -0.127. The predicted molar refractivity (Wildman–Crippen MR) is 91.3 cm³/mol. The molecule has 0 unspecified atom stereocenters. The second kappa shape index (κ2) is 7.43. The van der Waals surface area contributed by atoms with Crippen molar-refractivity contribution in [2.75, 3.05) is 12.8 Å². The molecule has 0 aliphatic heterocycles. The number of amides is 1. The number of carbonyl (C=O) groups excluding carboxylic acids is 1. The van der Waals surface area contributed by atoms with E-state index in [9.17, 15) is 4.79 Å². The van der Waals surface area contributed by atoms with E-state index in [1.807, 2.05) is 47.8 Å². The number of rotatable bonds is 6. The summed E-state index contributed by atoms with van der Waals surface area (Å²) in [7, 11) is 1.74. The first-order chi connectivity index (χ1) is 11.2. The lowest BCUT2D eigenvalue weighted by atomic mass is 10.4. The van der Waals surface area contributed by atoms with E-state index in [0.717, 1.165) is 9.77 Å². The van der Waals surface area contributed by atoms with Gasteiger partial charge in [0.2, 0.25) is 17.6 Å². The normalized spacial score (nSPS) is 10.7. The van der Waals surface area contributed by atoms with Gasteiger partial charge in [0, 0.05) is 11.9 Å². The number of hydrogen-bond acceptors (Lipinski definition) is 6. The fraction of sp³-hybridized carbons (Fsp3) is 0.188. The molecule has 0 atom stereocenters. The molecule has 0 aliphatic carbocycles. The average Bonchev–Trinajstić information content (AvgIpc) is 3.24. The van der Waals surface area contributed by atoms with Gasteiger partial charge in [0.15, 0.2) is 0 Å². The van der Waals surface area contributed by atoms with Crippen LogP contribution in [0, 0.1) is 0 Å². The maximum absolute atomic E-state index is 12.2. The van der Waals surface area contributed by atoms with E-state index >= 15 is 0 Å². The molecule has 0 spiro atoms. The fourth-order valence-corrected chi connectivity index (χ4v) is 3.40. The number of aromatic nitrogens is 2. The van der Waals surface area contributed by atoms with Crippen LogP contribution in [0.3, 0.4) is 0 Å². The SMILES string of the molecule is CN(Cc1nc(-c2cccs2)no1)C(=O)CSc1ccccc1. The summed E-state index contributed by atoms with van der Waals surface area (Å²) in [5.74, 6) is 1.41. The van der Waals surface area contributed by atoms with E-state index in [2.05, 4.69) is 10.1 Å². The third-order valence-electron chi connectivity index (χ3n) is 3.11. The summed E-state index contributed by atoms with van der Waals surface area (Å²) in [6.07, 6.45) is 0. The highest BCUT2D eigenvalue weighted by atomic mass is 32.2. The van der Waals surface area contributed by atoms with Crippen molar-refractivity contribution < 1.29 is 9.32 Å². The molecule has 0 N–H and O–H groups in total. The van der Waals surface area contributed by atoms with Crippen molar-refractivity contribution >= 4 is 29.0 Å². The second-order valence-corrected chi connectivity index (χ2v) is 6.84. The summed E-state index contributed by atoms with van der Waals surface area (Å²) in [6.45, 7) is 0.312. The van der Waals surface area contributed by atoms with Crippen molar-refractivity contribution in [3.05, 3.63) is 53.7 Å². The van der Waals surface area contributed by atoms with Crippen molar-refractivity contribution in [1.82, 2.24) is 15.0 Å². The Hall–Kier alpha value is -2.12. The molecular weight excluding hydrogens is 330 g/mol. The molecule has 0 saturated carbocycles. The number of carbonyl (C=O) groups is 1. The van der Waals surface area contributed by atoms with Gasteiger partial charge >= 0.3 is 0 Å². The number of nitrogens with zero attached hydrogens (tertiary/aromatic N) is 3. The van der Waals surface area contributed by atoms with Crippen LogP contribution >= 0.6 is 23.1 Å². The van der Waals surface area contributed by atoms with Gasteiger partial charge in [0.1, 0.15) is 0 Å². The van der Waals surface area contributed by atoms with Crippen LogP contribution in [0.1, 0.15) is 5.89 Å². The highest BCUT2D eigenvalue weighted by Crippen LogP contribution is 2.22. The van der Waals surface area contributed by atoms with Crippen molar-refractivity contribution in [3.63, 3.8) is 0 Å². The van der Waals surface area contributed by atoms with E-state index < -0.39 is 0 Å². The standard InChI is InChI=1S/C16H15N3O2S2/c1-19(15(20)11-23-12-6-3-2-4-7-12)10-14-17-16(18-21-14)13-8-5-9-22-13/h2-9H,10-11H2,1H3. The second-order valence-electron chi connectivity index (χ2n) is 4.84. The van der Waals surface area contributed by atoms with Gasteiger partial charge < -0.3 is 9.42 Å². The zero-order valence-corrected chi connectivity index (χ0v) is 14.1. The summed E-state index contributed by atoms with van der Waals surface area (Å²) in [4.78, 5) is 20.1. The van der Waals surface area contributed by atoms with E-state index in [0.29, 0.717) is 24.0 Å². The number of benzene rings is 1. The van der Waals surface area contributed by atoms with Crippen molar-refractivity contribution in [2.45, 2.75) is 11.4 Å². The third kappa shape index (κ3) is 4.20. The Balaban J connectivity index is 1.54. The van der Waals surface area contributed by atoms with Crippen LogP contribution in [0.15, 0.2) is 57.3 Å². The van der Waals surface area contributed by atoms with E-state index in [1.54, 1.807) is 23.3 Å². The van der Waals surface area contributed by atoms with Gasteiger partial charge in [-0.1, -0.05) is 29.4 Å². The molecule has 0 radical (unpaired) electrons. The van der Waals surface area contributed by atoms with Crippen molar-refractivity contribution in [1.29, 1.82) is 0 Å². The molecule has 5 nitrogen and oxygen atoms in total. The minimum Gasteiger partial charge on any atom is -0.337 e. The van der Waals surface area contributed by atoms with E-state index in [-0.39, 0.29) is 5.91 Å². The summed E-state index contributed by atoms with van der Waals surface area (Å²) < 4.78 is 5.22. The molecule has 2 heterocycles. The van der Waals surface area contributed by atoms with Crippen LogP contribution in [0.4, 0.5) is 0 Å². The topological polar surface area (TPSA) is 59.2 Å². The van der Waals surface area contributed by atoms with E-state index in [4.69, 9.17) is 4.52 Å². The van der Waals surface area contributed by atoms with Gasteiger partial charge in [-0.05, 0) is 23.6 Å². The van der Waals surface area contributed by atoms with Crippen LogP contribution in [0.25, 0.3) is 10.7 Å². The van der Waals surface area contributed by atoms with Gasteiger partial charge in [-0.2, -0.15) is 4.98 Å². The molecule has 3 rings (SSSR count). The monoisotopic (exact) mass is 345 g/mol. The summed E-state index contributed by atoms with van der Waals surface area (Å²) in [6, 6.07) is 13.7. The quantitative estimate of drug-likeness (QED) is 0.640. The molecule has 2 aromatic heterocycles. The minimum atomic E-state index is 0.0229. The van der Waals surface area contributed by atoms with E-state index in [1.165, 1.54) is 11.8 Å². The van der Waals surface area contributed by atoms with Gasteiger partial charge in [0.25, 0.3) is 0 Å². The van der Waals surface area contributed by atoms with Gasteiger partial charge in [-0.3, -0.25) is 4.79 Å². The number of thioether (sulfide) groups is 1. The molecule has 1 amide bonds. The number of hydrogen-bond donors (Lipinski definition) is 0. The lowest BCUT2D eigenvalue weighted by Crippen LogP contribution is -2.27. The smallest absolute Gasteiger partial charge is 0.246 e. The van der Waals surface area contributed by atoms with Crippen LogP contribution < -0.4 is 0 Å². The van der Waals surface area contributed by atoms with Gasteiger partial charge in [0.05, 0.1) is 17.2 Å². The zero-order valence-electron chi connectivity index (χ0n) is 12.5. The van der Waals surface area contributed by atoms with Gasteiger partial charge in [-0.25, -0.2) is 0 Å². The zero-order chi connectivity index (χ0) is 16.1. The maximum atomic E-state index is 12.2. The molecule has 0 fully saturated rings. The molecule has 0 saturated heterocycles. The Morgan fingerprint density at radius 2 is 2.09 bits per heavy atom. The minimum absolute atomic E-state index is 0.0229. The predicted octanol–water partition coefficient (Wildman–Crippen LogP) is 3.55. The van der Waals surface area contributed by atoms with Crippen molar-refractivity contribution in [3.8, 4) is 10.7 Å². The molecule has 3 aromatic rings. The first kappa shape index (κ1) is 15.8. The molecule has 118 valence electrons. The van der Waals surface area contributed by atoms with Crippen LogP contribution in [0.2, 0.25) is 0 Å². The highest BCUT2D eigenvalue weighted by Gasteiger charge is 2.15. The molecule has 1 aromatic carbocycles. The first-order valence-corrected chi connectivity index (χ1v) is 8.87. The molecular formula is C16H15N3O2S2. The molecule has 0 aliphatic rings. The van der Waals surface area contributed by atoms with Crippen LogP contribution in [-0.2, 0) is 11.3 Å². The molecule has 23 heavy (non-hydrogen) atoms. The lowest BCUT2D eigenvalue weighted by Gasteiger charge is -2.14. The maximum Gasteiger partial charge on any atom is 0.246 e. The first-order valence-electron chi connectivity index (χ1n) is 7.00. The Kier molecular flexibility index (Phi) is 5.09. The summed E-state index contributed by atoms with van der Waals surface area (Å²) in [5, 5.41) is 5.91. The Bertz CT molecular complexity index is 757. The Morgan fingerprint density at radius 3 is 2.83 bits per heavy atom.